The molecule has 1 unspecified atom stereocenters. The maximum atomic E-state index is 14.0. The minimum Gasteiger partial charge on any atom is -0.388 e. The van der Waals surface area contributed by atoms with Crippen molar-refractivity contribution in [2.45, 2.75) is 117 Å². The maximum Gasteiger partial charge on any atom is 0.226 e. The molecule has 260 valence electrons. The van der Waals surface area contributed by atoms with Gasteiger partial charge in [-0.05, 0) is 43.1 Å². The summed E-state index contributed by atoms with van der Waals surface area (Å²) in [4.78, 5) is 56.7. The molecule has 2 amide bonds. The minimum absolute atomic E-state index is 0.00867. The van der Waals surface area contributed by atoms with Crippen molar-refractivity contribution in [3.05, 3.63) is 35.9 Å². The minimum atomic E-state index is -0.754. The quantitative estimate of drug-likeness (QED) is 0.212. The Labute approximate surface area is 277 Å². The number of likely N-dealkylation sites (N-methyl/N-ethyl adjacent to an activating group) is 1. The summed E-state index contributed by atoms with van der Waals surface area (Å²) in [6.07, 6.45) is 0.957. The van der Waals surface area contributed by atoms with E-state index in [1.165, 1.54) is 6.92 Å². The fourth-order valence-corrected chi connectivity index (χ4v) is 7.11. The molecule has 0 aliphatic carbocycles. The zero-order chi connectivity index (χ0) is 34.7. The Bertz CT molecular complexity index is 1130. The summed E-state index contributed by atoms with van der Waals surface area (Å²) in [7, 11) is 4.92. The summed E-state index contributed by atoms with van der Waals surface area (Å²) < 4.78 is 11.9. The number of rotatable bonds is 19. The molecule has 46 heavy (non-hydrogen) atoms. The lowest BCUT2D eigenvalue weighted by molar-refractivity contribution is -0.148. The third-order valence-corrected chi connectivity index (χ3v) is 10.2. The van der Waals surface area contributed by atoms with E-state index in [4.69, 9.17) is 9.47 Å². The van der Waals surface area contributed by atoms with Crippen molar-refractivity contribution < 1.29 is 33.8 Å². The lowest BCUT2D eigenvalue weighted by Crippen LogP contribution is -2.54. The van der Waals surface area contributed by atoms with Crippen molar-refractivity contribution in [1.82, 2.24) is 9.80 Å². The Hall–Kier alpha value is -2.62. The lowest BCUT2D eigenvalue weighted by Gasteiger charge is -2.40. The number of ether oxygens (including phenoxy) is 2. The van der Waals surface area contributed by atoms with Gasteiger partial charge >= 0.3 is 0 Å². The average molecular weight is 645 g/mol. The van der Waals surface area contributed by atoms with Crippen LogP contribution < -0.4 is 0 Å². The van der Waals surface area contributed by atoms with E-state index < -0.39 is 30.1 Å². The van der Waals surface area contributed by atoms with E-state index in [-0.39, 0.29) is 72.5 Å². The van der Waals surface area contributed by atoms with E-state index in [2.05, 4.69) is 13.8 Å². The Balaban J connectivity index is 2.21. The Morgan fingerprint density at radius 2 is 1.59 bits per heavy atom. The van der Waals surface area contributed by atoms with Gasteiger partial charge in [-0.2, -0.15) is 0 Å². The van der Waals surface area contributed by atoms with Crippen LogP contribution in [0.1, 0.15) is 98.7 Å². The average Bonchev–Trinajstić information content (AvgIpc) is 3.52. The summed E-state index contributed by atoms with van der Waals surface area (Å²) in [5.41, 5.74) is 0.778. The molecule has 0 bridgehead atoms. The third-order valence-electron chi connectivity index (χ3n) is 10.2. The highest BCUT2D eigenvalue weighted by atomic mass is 16.5. The first-order valence-electron chi connectivity index (χ1n) is 17.1. The van der Waals surface area contributed by atoms with Gasteiger partial charge in [0.2, 0.25) is 11.8 Å². The van der Waals surface area contributed by atoms with Gasteiger partial charge < -0.3 is 29.2 Å². The standard InChI is InChI=1S/C37H60N2O7/c1-11-24(4)34(38(8)37(44)29(23(2)3)21-26(6)40)32(45-9)22-33(42)39-19-15-18-30(39)36(46-10)27(7)31(41)20-25(5)35(43)28-16-13-12-14-17-28/h12-14,16-17,23-25,27,29-30,32,34-36,43H,11,15,18-22H2,1-10H3/t24-,25-,27-,29-,30-,32+,34?,35+,36+/m0/s1. The van der Waals surface area contributed by atoms with Crippen molar-refractivity contribution in [1.29, 1.82) is 0 Å². The second-order valence-electron chi connectivity index (χ2n) is 13.8. The molecule has 1 aliphatic heterocycles. The highest BCUT2D eigenvalue weighted by Crippen LogP contribution is 2.32. The molecule has 9 heteroatoms. The van der Waals surface area contributed by atoms with Crippen LogP contribution in [0, 0.1) is 29.6 Å². The van der Waals surface area contributed by atoms with Crippen LogP contribution in [0.25, 0.3) is 0 Å². The number of ketones is 2. The van der Waals surface area contributed by atoms with Crippen LogP contribution in [-0.4, -0.2) is 90.4 Å². The number of benzene rings is 1. The molecule has 1 fully saturated rings. The summed E-state index contributed by atoms with van der Waals surface area (Å²) >= 11 is 0. The smallest absolute Gasteiger partial charge is 0.226 e. The van der Waals surface area contributed by atoms with Crippen LogP contribution in [0.3, 0.4) is 0 Å². The zero-order valence-electron chi connectivity index (χ0n) is 29.9. The second-order valence-corrected chi connectivity index (χ2v) is 13.8. The molecule has 0 spiro atoms. The van der Waals surface area contributed by atoms with Gasteiger partial charge in [-0.3, -0.25) is 14.4 Å². The molecular weight excluding hydrogens is 584 g/mol. The maximum absolute atomic E-state index is 14.0. The summed E-state index contributed by atoms with van der Waals surface area (Å²) in [6, 6.07) is 8.71. The van der Waals surface area contributed by atoms with E-state index in [9.17, 15) is 24.3 Å². The predicted molar refractivity (Wildman–Crippen MR) is 180 cm³/mol. The van der Waals surface area contributed by atoms with Crippen LogP contribution in [0.15, 0.2) is 30.3 Å². The number of likely N-dealkylation sites (tertiary alicyclic amines) is 1. The molecule has 1 saturated heterocycles. The van der Waals surface area contributed by atoms with Crippen molar-refractivity contribution in [3.8, 4) is 0 Å². The highest BCUT2D eigenvalue weighted by Gasteiger charge is 2.42. The number of nitrogens with zero attached hydrogens (tertiary/aromatic N) is 2. The Morgan fingerprint density at radius 3 is 2.11 bits per heavy atom. The first-order chi connectivity index (χ1) is 21.7. The van der Waals surface area contributed by atoms with Crippen LogP contribution in [0.5, 0.6) is 0 Å². The largest absolute Gasteiger partial charge is 0.388 e. The molecular formula is C37H60N2O7. The SMILES string of the molecule is CC[C@H](C)C([C@@H](CC(=O)N1CCC[C@H]1[C@H](OC)[C@@H](C)C(=O)C[C@H](C)[C@@H](O)c1ccccc1)OC)N(C)C(=O)[C@@H](CC(C)=O)C(C)C. The number of Topliss-reactive ketones (excluding diaryl/α,β-unsaturated/α-hetero) is 2. The molecule has 1 aliphatic rings. The van der Waals surface area contributed by atoms with Crippen LogP contribution in [0.2, 0.25) is 0 Å². The topological polar surface area (TPSA) is 113 Å². The predicted octanol–water partition coefficient (Wildman–Crippen LogP) is 5.49. The van der Waals surface area contributed by atoms with E-state index in [0.29, 0.717) is 6.54 Å². The van der Waals surface area contributed by atoms with Gasteiger partial charge in [0.05, 0.1) is 36.8 Å². The summed E-state index contributed by atoms with van der Waals surface area (Å²) in [6.45, 7) is 13.8. The zero-order valence-corrected chi connectivity index (χ0v) is 29.9. The van der Waals surface area contributed by atoms with E-state index >= 15 is 0 Å². The third kappa shape index (κ3) is 10.2. The van der Waals surface area contributed by atoms with Crippen LogP contribution in [0.4, 0.5) is 0 Å². The first kappa shape index (κ1) is 39.6. The number of hydrogen-bond donors (Lipinski definition) is 1. The van der Waals surface area contributed by atoms with Crippen LogP contribution in [-0.2, 0) is 28.7 Å². The molecule has 9 nitrogen and oxygen atoms in total. The number of carbonyl (C=O) groups excluding carboxylic acids is 4. The molecule has 9 atom stereocenters. The van der Waals surface area contributed by atoms with Gasteiger partial charge in [-0.1, -0.05) is 78.3 Å². The summed E-state index contributed by atoms with van der Waals surface area (Å²) in [5, 5.41) is 10.8. The van der Waals surface area contributed by atoms with E-state index in [0.717, 1.165) is 24.8 Å². The van der Waals surface area contributed by atoms with E-state index in [1.54, 1.807) is 26.2 Å². The van der Waals surface area contributed by atoms with E-state index in [1.807, 2.05) is 62.9 Å². The molecule has 1 aromatic rings. The fraction of sp³-hybridized carbons (Fsp3) is 0.730. The van der Waals surface area contributed by atoms with Crippen molar-refractivity contribution in [2.75, 3.05) is 27.8 Å². The van der Waals surface area contributed by atoms with Crippen LogP contribution >= 0.6 is 0 Å². The molecule has 0 saturated carbocycles. The molecule has 1 heterocycles. The molecule has 1 aromatic carbocycles. The number of amides is 2. The first-order valence-corrected chi connectivity index (χ1v) is 17.1. The van der Waals surface area contributed by atoms with Crippen molar-refractivity contribution >= 4 is 23.4 Å². The van der Waals surface area contributed by atoms with Crippen molar-refractivity contribution in [2.24, 2.45) is 29.6 Å². The van der Waals surface area contributed by atoms with Gasteiger partial charge in [-0.25, -0.2) is 0 Å². The molecule has 2 rings (SSSR count). The normalized spacial score (nSPS) is 20.3. The number of hydrogen-bond acceptors (Lipinski definition) is 7. The summed E-state index contributed by atoms with van der Waals surface area (Å²) in [5.74, 6) is -1.40. The van der Waals surface area contributed by atoms with Gasteiger partial charge in [0.25, 0.3) is 0 Å². The Kier molecular flexibility index (Phi) is 16.0. The number of carbonyl (C=O) groups is 4. The van der Waals surface area contributed by atoms with Gasteiger partial charge in [0, 0.05) is 52.5 Å². The molecule has 1 N–H and O–H groups in total. The molecule has 0 aromatic heterocycles. The Morgan fingerprint density at radius 1 is 0.957 bits per heavy atom. The number of aliphatic hydroxyl groups excluding tert-OH is 1. The highest BCUT2D eigenvalue weighted by molar-refractivity contribution is 5.86. The van der Waals surface area contributed by atoms with Gasteiger partial charge in [-0.15, -0.1) is 0 Å². The second kappa shape index (κ2) is 18.6. The number of aliphatic hydroxyl groups is 1. The van der Waals surface area contributed by atoms with Crippen molar-refractivity contribution in [3.63, 3.8) is 0 Å². The monoisotopic (exact) mass is 644 g/mol. The fourth-order valence-electron chi connectivity index (χ4n) is 7.11. The van der Waals surface area contributed by atoms with Gasteiger partial charge in [0.15, 0.2) is 0 Å². The lowest BCUT2D eigenvalue weighted by atomic mass is 9.85. The molecule has 0 radical (unpaired) electrons. The van der Waals surface area contributed by atoms with Gasteiger partial charge in [0.1, 0.15) is 11.6 Å². The number of methoxy groups -OCH3 is 2.